The first-order valence-corrected chi connectivity index (χ1v) is 18.1. The lowest BCUT2D eigenvalue weighted by Gasteiger charge is -2.30. The number of nitrogens with zero attached hydrogens (tertiary/aromatic N) is 4. The number of carboxylic acid groups (broad SMARTS) is 1. The highest BCUT2D eigenvalue weighted by atomic mass is 35.5. The molecule has 270 valence electrons. The average molecular weight is 736 g/mol. The molecular weight excluding hydrogens is 694 g/mol. The number of rotatable bonds is 20. The Balaban J connectivity index is 1.84. The molecule has 1 aromatic heterocycles. The lowest BCUT2D eigenvalue weighted by molar-refractivity contribution is -0.153. The predicted molar refractivity (Wildman–Crippen MR) is 195 cm³/mol. The second-order valence-electron chi connectivity index (χ2n) is 12.0. The van der Waals surface area contributed by atoms with E-state index in [-0.39, 0.29) is 21.7 Å². The maximum absolute atomic E-state index is 14.8. The number of aromatic carboxylic acids is 1. The third-order valence-electron chi connectivity index (χ3n) is 8.14. The fraction of sp³-hybridized carbons (Fsp3) is 0.378. The van der Waals surface area contributed by atoms with E-state index in [9.17, 15) is 24.3 Å². The van der Waals surface area contributed by atoms with Gasteiger partial charge in [0.1, 0.15) is 11.9 Å². The number of unbranched alkanes of at least 4 members (excludes halogenated alkanes) is 4. The standard InChI is InChI=1S/C37H42ClN5O7S/c1-4-5-6-7-11-14-31(22-15-25(2)38)50-35(48)37(34(47)39-28-12-9-8-10-13-28,32(44)26-18-23-30(49-3)24-19-26)51-36-40-41-42-43(36)29-20-16-27(17-21-29)33(45)46/h8-10,12-13,16-21,23-25,31H,4-7,11,14-15,22H2,1-3H3,(H,39,47)(H,45,46). The number of tetrazole rings is 1. The van der Waals surface area contributed by atoms with Crippen molar-refractivity contribution in [1.82, 2.24) is 20.2 Å². The molecule has 0 aliphatic heterocycles. The molecule has 3 unspecified atom stereocenters. The van der Waals surface area contributed by atoms with Crippen molar-refractivity contribution in [2.75, 3.05) is 12.4 Å². The molecule has 4 aromatic rings. The van der Waals surface area contributed by atoms with Gasteiger partial charge < -0.3 is 19.9 Å². The van der Waals surface area contributed by atoms with Crippen LogP contribution in [0.2, 0.25) is 0 Å². The topological polar surface area (TPSA) is 163 Å². The van der Waals surface area contributed by atoms with Crippen LogP contribution < -0.4 is 10.1 Å². The highest BCUT2D eigenvalue weighted by molar-refractivity contribution is 8.03. The summed E-state index contributed by atoms with van der Waals surface area (Å²) in [6.07, 6.45) is 5.78. The first-order chi connectivity index (χ1) is 24.6. The monoisotopic (exact) mass is 735 g/mol. The molecule has 0 spiro atoms. The summed E-state index contributed by atoms with van der Waals surface area (Å²) in [6.45, 7) is 3.98. The summed E-state index contributed by atoms with van der Waals surface area (Å²) < 4.78 is 10.1. The number of hydrogen-bond donors (Lipinski definition) is 2. The maximum Gasteiger partial charge on any atom is 0.340 e. The van der Waals surface area contributed by atoms with E-state index in [0.717, 1.165) is 32.1 Å². The summed E-state index contributed by atoms with van der Waals surface area (Å²) in [4.78, 5) is 55.8. The molecule has 1 heterocycles. The van der Waals surface area contributed by atoms with Gasteiger partial charge in [-0.3, -0.25) is 9.59 Å². The Bertz CT molecular complexity index is 1750. The summed E-state index contributed by atoms with van der Waals surface area (Å²) in [6, 6.07) is 20.2. The van der Waals surface area contributed by atoms with E-state index in [0.29, 0.717) is 48.1 Å². The molecule has 4 rings (SSSR count). The van der Waals surface area contributed by atoms with E-state index in [2.05, 4.69) is 27.8 Å². The SMILES string of the molecule is CCCCCCCC(CCC(C)Cl)OC(=O)C(Sc1nnnn1-c1ccc(C(=O)O)cc1)(C(=O)Nc1ccccc1)C(=O)c1ccc(OC)cc1. The molecule has 2 N–H and O–H groups in total. The van der Waals surface area contributed by atoms with Crippen LogP contribution in [0.25, 0.3) is 5.69 Å². The number of halogens is 1. The number of hydrogen-bond acceptors (Lipinski definition) is 10. The third-order valence-corrected chi connectivity index (χ3v) is 9.64. The van der Waals surface area contributed by atoms with E-state index in [1.54, 1.807) is 42.5 Å². The first kappa shape index (κ1) is 39.0. The molecule has 14 heteroatoms. The fourth-order valence-corrected chi connectivity index (χ4v) is 6.47. The van der Waals surface area contributed by atoms with E-state index in [1.165, 1.54) is 48.2 Å². The van der Waals surface area contributed by atoms with Crippen molar-refractivity contribution >= 4 is 52.7 Å². The Morgan fingerprint density at radius 1 is 0.902 bits per heavy atom. The Kier molecular flexibility index (Phi) is 14.6. The zero-order valence-corrected chi connectivity index (χ0v) is 30.4. The fourth-order valence-electron chi connectivity index (χ4n) is 5.28. The summed E-state index contributed by atoms with van der Waals surface area (Å²) in [5, 5.41) is 23.8. The number of para-hydroxylation sites is 1. The number of amides is 1. The van der Waals surface area contributed by atoms with Crippen molar-refractivity contribution in [2.24, 2.45) is 0 Å². The first-order valence-electron chi connectivity index (χ1n) is 16.8. The highest BCUT2D eigenvalue weighted by Gasteiger charge is 2.57. The molecule has 1 amide bonds. The van der Waals surface area contributed by atoms with Crippen molar-refractivity contribution in [3.05, 3.63) is 90.0 Å². The predicted octanol–water partition coefficient (Wildman–Crippen LogP) is 7.40. The van der Waals surface area contributed by atoms with Crippen molar-refractivity contribution in [3.63, 3.8) is 0 Å². The minimum Gasteiger partial charge on any atom is -0.497 e. The van der Waals surface area contributed by atoms with Gasteiger partial charge in [0, 0.05) is 16.6 Å². The van der Waals surface area contributed by atoms with Gasteiger partial charge in [-0.2, -0.15) is 4.68 Å². The lowest BCUT2D eigenvalue weighted by atomic mass is 9.94. The molecule has 51 heavy (non-hydrogen) atoms. The molecule has 3 atom stereocenters. The number of Topliss-reactive ketones (excluding diaryl/α,β-unsaturated/α-hetero) is 1. The molecule has 0 radical (unpaired) electrons. The summed E-state index contributed by atoms with van der Waals surface area (Å²) in [7, 11) is 1.48. The van der Waals surface area contributed by atoms with Crippen LogP contribution in [0.1, 0.15) is 85.9 Å². The highest BCUT2D eigenvalue weighted by Crippen LogP contribution is 2.39. The van der Waals surface area contributed by atoms with Gasteiger partial charge in [0.05, 0.1) is 18.4 Å². The summed E-state index contributed by atoms with van der Waals surface area (Å²) >= 11 is 6.86. The number of nitrogens with one attached hydrogen (secondary N) is 1. The smallest absolute Gasteiger partial charge is 0.340 e. The number of carboxylic acids is 1. The number of carbonyl (C=O) groups is 4. The molecule has 0 aliphatic rings. The molecular formula is C37H42ClN5O7S. The largest absolute Gasteiger partial charge is 0.497 e. The van der Waals surface area contributed by atoms with Gasteiger partial charge in [0.2, 0.25) is 5.16 Å². The number of benzene rings is 3. The minimum absolute atomic E-state index is 0.0304. The second kappa shape index (κ2) is 19.0. The number of ketones is 1. The Morgan fingerprint density at radius 3 is 2.20 bits per heavy atom. The Hall–Kier alpha value is -4.75. The molecule has 3 aromatic carbocycles. The Morgan fingerprint density at radius 2 is 1.57 bits per heavy atom. The molecule has 12 nitrogen and oxygen atoms in total. The molecule has 0 fully saturated rings. The molecule has 0 aliphatic carbocycles. The van der Waals surface area contributed by atoms with Crippen LogP contribution in [0.15, 0.2) is 84.0 Å². The quantitative estimate of drug-likeness (QED) is 0.0232. The van der Waals surface area contributed by atoms with E-state index < -0.39 is 34.5 Å². The van der Waals surface area contributed by atoms with Crippen LogP contribution in [0.4, 0.5) is 5.69 Å². The van der Waals surface area contributed by atoms with Crippen LogP contribution in [0.5, 0.6) is 5.75 Å². The van der Waals surface area contributed by atoms with Gasteiger partial charge in [-0.15, -0.1) is 16.7 Å². The van der Waals surface area contributed by atoms with E-state index >= 15 is 0 Å². The van der Waals surface area contributed by atoms with Crippen LogP contribution in [-0.2, 0) is 14.3 Å². The van der Waals surface area contributed by atoms with Crippen LogP contribution in [-0.4, -0.2) is 72.3 Å². The van der Waals surface area contributed by atoms with Crippen LogP contribution in [0.3, 0.4) is 0 Å². The Labute approximate surface area is 306 Å². The van der Waals surface area contributed by atoms with Gasteiger partial charge in [-0.1, -0.05) is 50.8 Å². The number of aromatic nitrogens is 4. The van der Waals surface area contributed by atoms with Gasteiger partial charge in [0.15, 0.2) is 5.78 Å². The van der Waals surface area contributed by atoms with Gasteiger partial charge in [0.25, 0.3) is 10.7 Å². The lowest BCUT2D eigenvalue weighted by Crippen LogP contribution is -2.55. The van der Waals surface area contributed by atoms with Crippen LogP contribution in [0, 0.1) is 0 Å². The van der Waals surface area contributed by atoms with Gasteiger partial charge in [-0.05, 0) is 115 Å². The zero-order chi connectivity index (χ0) is 36.8. The second-order valence-corrected chi connectivity index (χ2v) is 13.9. The maximum atomic E-state index is 14.8. The zero-order valence-electron chi connectivity index (χ0n) is 28.8. The van der Waals surface area contributed by atoms with Crippen molar-refractivity contribution in [1.29, 1.82) is 0 Å². The van der Waals surface area contributed by atoms with Crippen molar-refractivity contribution in [3.8, 4) is 11.4 Å². The average Bonchev–Trinajstić information content (AvgIpc) is 3.60. The summed E-state index contributed by atoms with van der Waals surface area (Å²) in [5.41, 5.74) is 0.743. The van der Waals surface area contributed by atoms with Gasteiger partial charge in [-0.25, -0.2) is 9.59 Å². The normalized spacial score (nSPS) is 13.4. The molecule has 0 bridgehead atoms. The number of carbonyl (C=O) groups excluding carboxylic acids is 3. The van der Waals surface area contributed by atoms with E-state index in [4.69, 9.17) is 21.1 Å². The number of methoxy groups -OCH3 is 1. The van der Waals surface area contributed by atoms with Crippen molar-refractivity contribution in [2.45, 2.75) is 86.6 Å². The van der Waals surface area contributed by atoms with Crippen molar-refractivity contribution < 1.29 is 33.8 Å². The molecule has 0 saturated heterocycles. The third kappa shape index (κ3) is 10.4. The van der Waals surface area contributed by atoms with Gasteiger partial charge >= 0.3 is 11.9 Å². The number of esters is 1. The molecule has 0 saturated carbocycles. The summed E-state index contributed by atoms with van der Waals surface area (Å²) in [5.74, 6) is -3.57. The minimum atomic E-state index is -2.59. The number of thioether (sulfide) groups is 1. The van der Waals surface area contributed by atoms with Crippen LogP contribution >= 0.6 is 23.4 Å². The van der Waals surface area contributed by atoms with E-state index in [1.807, 2.05) is 6.92 Å². The number of ether oxygens (including phenoxy) is 2. The number of anilines is 1. The number of alkyl halides is 1.